The van der Waals surface area contributed by atoms with Crippen LogP contribution < -0.4 is 0 Å². The molecule has 7 heteroatoms. The molecule has 2 heterocycles. The zero-order valence-corrected chi connectivity index (χ0v) is 12.7. The number of hydrogen-bond acceptors (Lipinski definition) is 4. The summed E-state index contributed by atoms with van der Waals surface area (Å²) in [6, 6.07) is -0.201. The molecule has 1 aromatic rings. The summed E-state index contributed by atoms with van der Waals surface area (Å²) in [6.07, 6.45) is 2.66. The van der Waals surface area contributed by atoms with Crippen molar-refractivity contribution < 1.29 is 14.7 Å². The first kappa shape index (κ1) is 15.5. The van der Waals surface area contributed by atoms with Crippen LogP contribution in [0, 0.1) is 5.92 Å². The fraction of sp³-hybridized carbons (Fsp3) is 0.714. The Hall–Kier alpha value is -1.92. The second-order valence-corrected chi connectivity index (χ2v) is 5.84. The zero-order chi connectivity index (χ0) is 15.6. The number of hydrogen-bond donors (Lipinski definition) is 2. The smallest absolute Gasteiger partial charge is 0.315 e. The number of rotatable bonds is 4. The number of amides is 1. The van der Waals surface area contributed by atoms with Gasteiger partial charge in [0, 0.05) is 12.5 Å². The molecule has 2 rings (SSSR count). The molecule has 2 atom stereocenters. The van der Waals surface area contributed by atoms with Crippen LogP contribution in [0.25, 0.3) is 0 Å². The number of H-pyrrole nitrogens is 1. The molecule has 1 amide bonds. The van der Waals surface area contributed by atoms with Gasteiger partial charge in [0.05, 0.1) is 6.04 Å². The zero-order valence-electron chi connectivity index (χ0n) is 12.7. The molecule has 21 heavy (non-hydrogen) atoms. The summed E-state index contributed by atoms with van der Waals surface area (Å²) in [7, 11) is 0. The molecule has 1 aliphatic rings. The highest BCUT2D eigenvalue weighted by Crippen LogP contribution is 2.30. The Labute approximate surface area is 123 Å². The van der Waals surface area contributed by atoms with Gasteiger partial charge in [0.25, 0.3) is 0 Å². The highest BCUT2D eigenvalue weighted by atomic mass is 16.4. The van der Waals surface area contributed by atoms with Crippen molar-refractivity contribution in [3.63, 3.8) is 0 Å². The highest BCUT2D eigenvalue weighted by Gasteiger charge is 2.35. The van der Waals surface area contributed by atoms with Crippen LogP contribution in [-0.4, -0.2) is 43.6 Å². The topological polar surface area (TPSA) is 99.2 Å². The number of nitrogens with one attached hydrogen (secondary N) is 1. The van der Waals surface area contributed by atoms with E-state index in [2.05, 4.69) is 15.2 Å². The summed E-state index contributed by atoms with van der Waals surface area (Å²) in [4.78, 5) is 29.5. The lowest BCUT2D eigenvalue weighted by Crippen LogP contribution is -2.43. The van der Waals surface area contributed by atoms with Crippen LogP contribution in [0.5, 0.6) is 0 Å². The van der Waals surface area contributed by atoms with Gasteiger partial charge in [-0.3, -0.25) is 14.7 Å². The Morgan fingerprint density at radius 3 is 2.62 bits per heavy atom. The van der Waals surface area contributed by atoms with E-state index < -0.39 is 11.9 Å². The van der Waals surface area contributed by atoms with Crippen molar-refractivity contribution in [2.75, 3.05) is 6.54 Å². The number of nitrogens with zero attached hydrogens (tertiary/aromatic N) is 3. The van der Waals surface area contributed by atoms with Gasteiger partial charge in [-0.25, -0.2) is 4.98 Å². The summed E-state index contributed by atoms with van der Waals surface area (Å²) >= 11 is 0. The molecule has 0 radical (unpaired) electrons. The van der Waals surface area contributed by atoms with E-state index in [1.54, 1.807) is 4.90 Å². The van der Waals surface area contributed by atoms with Crippen molar-refractivity contribution in [3.05, 3.63) is 11.6 Å². The third kappa shape index (κ3) is 3.22. The van der Waals surface area contributed by atoms with Crippen molar-refractivity contribution in [1.82, 2.24) is 20.1 Å². The van der Waals surface area contributed by atoms with Gasteiger partial charge >= 0.3 is 5.97 Å². The summed E-state index contributed by atoms with van der Waals surface area (Å²) in [5, 5.41) is 16.1. The minimum atomic E-state index is -1.09. The number of aromatic amines is 1. The lowest BCUT2D eigenvalue weighted by atomic mass is 9.99. The molecule has 2 N–H and O–H groups in total. The van der Waals surface area contributed by atoms with Crippen molar-refractivity contribution in [1.29, 1.82) is 0 Å². The first-order chi connectivity index (χ1) is 9.91. The standard InChI is InChI=1S/C14H22N4O3/c1-8(2)11-15-12(17-16-11)10-6-4-5-7-18(10)13(19)9(3)14(20)21/h8-10H,4-7H2,1-3H3,(H,20,21)(H,15,16,17). The average molecular weight is 294 g/mol. The van der Waals surface area contributed by atoms with Crippen LogP contribution in [0.3, 0.4) is 0 Å². The van der Waals surface area contributed by atoms with Gasteiger partial charge in [-0.1, -0.05) is 13.8 Å². The van der Waals surface area contributed by atoms with Gasteiger partial charge in [0.1, 0.15) is 11.7 Å². The van der Waals surface area contributed by atoms with E-state index in [9.17, 15) is 9.59 Å². The Morgan fingerprint density at radius 2 is 2.05 bits per heavy atom. The van der Waals surface area contributed by atoms with Gasteiger partial charge in [-0.2, -0.15) is 5.10 Å². The quantitative estimate of drug-likeness (QED) is 0.823. The van der Waals surface area contributed by atoms with E-state index in [4.69, 9.17) is 5.11 Å². The third-order valence-corrected chi connectivity index (χ3v) is 3.88. The largest absolute Gasteiger partial charge is 0.481 e. The molecule has 0 aromatic carbocycles. The van der Waals surface area contributed by atoms with Crippen LogP contribution in [0.2, 0.25) is 0 Å². The van der Waals surface area contributed by atoms with Crippen molar-refractivity contribution in [2.45, 2.75) is 52.0 Å². The second-order valence-electron chi connectivity index (χ2n) is 5.84. The van der Waals surface area contributed by atoms with E-state index in [0.717, 1.165) is 19.3 Å². The van der Waals surface area contributed by atoms with E-state index in [0.29, 0.717) is 18.2 Å². The van der Waals surface area contributed by atoms with Gasteiger partial charge in [0.15, 0.2) is 5.82 Å². The SMILES string of the molecule is CC(C(=O)O)C(=O)N1CCCCC1c1nc(C(C)C)n[nH]1. The molecular weight excluding hydrogens is 272 g/mol. The number of carboxylic acid groups (broad SMARTS) is 1. The fourth-order valence-electron chi connectivity index (χ4n) is 2.53. The molecule has 0 spiro atoms. The minimum absolute atomic E-state index is 0.201. The number of aromatic nitrogens is 3. The number of carbonyl (C=O) groups excluding carboxylic acids is 1. The highest BCUT2D eigenvalue weighted by molar-refractivity contribution is 5.96. The van der Waals surface area contributed by atoms with Gasteiger partial charge < -0.3 is 10.0 Å². The van der Waals surface area contributed by atoms with Gasteiger partial charge in [-0.15, -0.1) is 0 Å². The van der Waals surface area contributed by atoms with Crippen LogP contribution in [0.4, 0.5) is 0 Å². The molecule has 7 nitrogen and oxygen atoms in total. The lowest BCUT2D eigenvalue weighted by Gasteiger charge is -2.35. The summed E-state index contributed by atoms with van der Waals surface area (Å²) in [5.74, 6) is -0.892. The number of likely N-dealkylation sites (tertiary alicyclic amines) is 1. The first-order valence-electron chi connectivity index (χ1n) is 7.37. The molecule has 0 aliphatic carbocycles. The van der Waals surface area contributed by atoms with E-state index in [1.165, 1.54) is 6.92 Å². The molecule has 2 unspecified atom stereocenters. The normalized spacial score (nSPS) is 20.6. The fourth-order valence-corrected chi connectivity index (χ4v) is 2.53. The van der Waals surface area contributed by atoms with Gasteiger partial charge in [0.2, 0.25) is 5.91 Å². The van der Waals surface area contributed by atoms with Crippen LogP contribution in [0.15, 0.2) is 0 Å². The average Bonchev–Trinajstić information content (AvgIpc) is 2.95. The number of carboxylic acids is 1. The molecule has 1 aliphatic heterocycles. The van der Waals surface area contributed by atoms with Gasteiger partial charge in [-0.05, 0) is 26.2 Å². The van der Waals surface area contributed by atoms with Crippen LogP contribution >= 0.6 is 0 Å². The Morgan fingerprint density at radius 1 is 1.33 bits per heavy atom. The molecule has 1 aromatic heterocycles. The predicted molar refractivity (Wildman–Crippen MR) is 75.6 cm³/mol. The maximum absolute atomic E-state index is 12.3. The summed E-state index contributed by atoms with van der Waals surface area (Å²) in [6.45, 7) is 6.00. The first-order valence-corrected chi connectivity index (χ1v) is 7.37. The van der Waals surface area contributed by atoms with E-state index >= 15 is 0 Å². The molecule has 0 bridgehead atoms. The molecule has 0 saturated carbocycles. The molecule has 1 saturated heterocycles. The number of aliphatic carboxylic acids is 1. The van der Waals surface area contributed by atoms with Crippen LogP contribution in [0.1, 0.15) is 63.6 Å². The van der Waals surface area contributed by atoms with E-state index in [-0.39, 0.29) is 17.9 Å². The van der Waals surface area contributed by atoms with Crippen molar-refractivity contribution >= 4 is 11.9 Å². The van der Waals surface area contributed by atoms with Crippen LogP contribution in [-0.2, 0) is 9.59 Å². The monoisotopic (exact) mass is 294 g/mol. The molecule has 116 valence electrons. The maximum atomic E-state index is 12.3. The van der Waals surface area contributed by atoms with Crippen molar-refractivity contribution in [2.24, 2.45) is 5.92 Å². The maximum Gasteiger partial charge on any atom is 0.315 e. The number of piperidine rings is 1. The Balaban J connectivity index is 2.22. The van der Waals surface area contributed by atoms with E-state index in [1.807, 2.05) is 13.8 Å². The number of carbonyl (C=O) groups is 2. The second kappa shape index (κ2) is 6.24. The predicted octanol–water partition coefficient (Wildman–Crippen LogP) is 1.70. The summed E-state index contributed by atoms with van der Waals surface area (Å²) in [5.41, 5.74) is 0. The Kier molecular flexibility index (Phi) is 4.59. The summed E-state index contributed by atoms with van der Waals surface area (Å²) < 4.78 is 0. The molecule has 1 fully saturated rings. The van der Waals surface area contributed by atoms with Crippen molar-refractivity contribution in [3.8, 4) is 0 Å². The Bertz CT molecular complexity index is 526. The minimum Gasteiger partial charge on any atom is -0.481 e. The lowest BCUT2D eigenvalue weighted by molar-refractivity contribution is -0.152. The molecular formula is C14H22N4O3. The third-order valence-electron chi connectivity index (χ3n) is 3.88.